The van der Waals surface area contributed by atoms with Crippen molar-refractivity contribution in [2.24, 2.45) is 0 Å². The fraction of sp³-hybridized carbons (Fsp3) is 0.191. The van der Waals surface area contributed by atoms with Gasteiger partial charge >= 0.3 is 0 Å². The molecule has 2 aliphatic rings. The first kappa shape index (κ1) is 31.5. The summed E-state index contributed by atoms with van der Waals surface area (Å²) in [5.74, 6) is 1.000. The van der Waals surface area contributed by atoms with Crippen molar-refractivity contribution in [3.8, 4) is 11.3 Å². The Labute approximate surface area is 302 Å². The summed E-state index contributed by atoms with van der Waals surface area (Å²) in [6.45, 7) is 15.9. The van der Waals surface area contributed by atoms with Gasteiger partial charge in [0.25, 0.3) is 6.71 Å². The van der Waals surface area contributed by atoms with Crippen molar-refractivity contribution < 1.29 is 4.42 Å². The molecule has 0 spiro atoms. The number of aryl methyl sites for hydroxylation is 1. The standard InChI is InChI=1S/C47H43BN2O/c1-30-27-38-43-41(28-30)50(33-13-9-8-10-14-33)40-26-25-36(29-39(40)48(43)44-37-15-11-12-16-42(37)51-45(38)44)49(34-21-17-31(18-22-34)46(2,3)4)35-23-19-32(20-24-35)47(5,6)7/h8-29H,1-7H3. The molecular weight excluding hydrogens is 619 g/mol. The van der Waals surface area contributed by atoms with Crippen LogP contribution >= 0.6 is 0 Å². The van der Waals surface area contributed by atoms with Crippen molar-refractivity contribution in [1.82, 2.24) is 0 Å². The molecule has 3 nitrogen and oxygen atoms in total. The maximum atomic E-state index is 6.73. The molecule has 0 saturated heterocycles. The number of nitrogens with zero attached hydrogens (tertiary/aromatic N) is 2. The first-order valence-corrected chi connectivity index (χ1v) is 18.1. The van der Waals surface area contributed by atoms with Crippen LogP contribution in [0.25, 0.3) is 22.3 Å². The summed E-state index contributed by atoms with van der Waals surface area (Å²) in [4.78, 5) is 4.87. The molecule has 0 N–H and O–H groups in total. The van der Waals surface area contributed by atoms with Crippen LogP contribution in [0, 0.1) is 6.92 Å². The molecule has 0 amide bonds. The summed E-state index contributed by atoms with van der Waals surface area (Å²) >= 11 is 0. The zero-order chi connectivity index (χ0) is 35.2. The van der Waals surface area contributed by atoms with E-state index in [-0.39, 0.29) is 17.5 Å². The normalized spacial score (nSPS) is 13.3. The molecule has 0 atom stereocenters. The Morgan fingerprint density at radius 1 is 0.569 bits per heavy atom. The predicted octanol–water partition coefficient (Wildman–Crippen LogP) is 11.1. The molecule has 1 aromatic heterocycles. The molecule has 4 heteroatoms. The summed E-state index contributed by atoms with van der Waals surface area (Å²) < 4.78 is 6.73. The van der Waals surface area contributed by atoms with E-state index < -0.39 is 0 Å². The van der Waals surface area contributed by atoms with E-state index in [1.165, 1.54) is 55.4 Å². The maximum Gasteiger partial charge on any atom is 0.253 e. The smallest absolute Gasteiger partial charge is 0.253 e. The van der Waals surface area contributed by atoms with Crippen LogP contribution in [0.5, 0.6) is 0 Å². The monoisotopic (exact) mass is 662 g/mol. The van der Waals surface area contributed by atoms with Gasteiger partial charge < -0.3 is 14.2 Å². The first-order chi connectivity index (χ1) is 24.5. The molecule has 3 heterocycles. The van der Waals surface area contributed by atoms with Gasteiger partial charge in [-0.2, -0.15) is 0 Å². The average molecular weight is 663 g/mol. The molecule has 0 radical (unpaired) electrons. The van der Waals surface area contributed by atoms with Crippen molar-refractivity contribution in [3.05, 3.63) is 150 Å². The summed E-state index contributed by atoms with van der Waals surface area (Å²) in [6, 6.07) is 49.3. The first-order valence-electron chi connectivity index (χ1n) is 18.1. The molecule has 0 unspecified atom stereocenters. The molecule has 9 rings (SSSR count). The van der Waals surface area contributed by atoms with Gasteiger partial charge in [0.1, 0.15) is 11.3 Å². The van der Waals surface area contributed by atoms with Crippen LogP contribution in [0.2, 0.25) is 0 Å². The van der Waals surface area contributed by atoms with E-state index in [9.17, 15) is 0 Å². The fourth-order valence-corrected chi connectivity index (χ4v) is 8.23. The van der Waals surface area contributed by atoms with Crippen LogP contribution in [0.3, 0.4) is 0 Å². The minimum Gasteiger partial charge on any atom is -0.457 e. The van der Waals surface area contributed by atoms with E-state index in [1.807, 2.05) is 0 Å². The van der Waals surface area contributed by atoms with Gasteiger partial charge in [-0.05, 0) is 124 Å². The highest BCUT2D eigenvalue weighted by Crippen LogP contribution is 2.45. The molecule has 2 aliphatic heterocycles. The van der Waals surface area contributed by atoms with Crippen molar-refractivity contribution in [3.63, 3.8) is 0 Å². The number of benzene rings is 6. The van der Waals surface area contributed by atoms with E-state index in [4.69, 9.17) is 4.42 Å². The molecule has 0 fully saturated rings. The minimum absolute atomic E-state index is 0.0394. The van der Waals surface area contributed by atoms with E-state index in [0.29, 0.717) is 0 Å². The Morgan fingerprint density at radius 3 is 1.78 bits per heavy atom. The van der Waals surface area contributed by atoms with Gasteiger partial charge in [-0.1, -0.05) is 102 Å². The number of hydrogen-bond acceptors (Lipinski definition) is 3. The van der Waals surface area contributed by atoms with Gasteiger partial charge in [-0.25, -0.2) is 0 Å². The van der Waals surface area contributed by atoms with Crippen LogP contribution in [0.15, 0.2) is 138 Å². The molecule has 250 valence electrons. The average Bonchev–Trinajstić information content (AvgIpc) is 3.64. The number of rotatable bonds is 4. The van der Waals surface area contributed by atoms with Gasteiger partial charge in [-0.3, -0.25) is 0 Å². The summed E-state index contributed by atoms with van der Waals surface area (Å²) in [5, 5.41) is 1.19. The van der Waals surface area contributed by atoms with Gasteiger partial charge in [0, 0.05) is 45.1 Å². The molecule has 0 bridgehead atoms. The van der Waals surface area contributed by atoms with Crippen LogP contribution < -0.4 is 26.2 Å². The zero-order valence-electron chi connectivity index (χ0n) is 30.6. The number of anilines is 6. The topological polar surface area (TPSA) is 19.6 Å². The SMILES string of the molecule is Cc1cc2c3c(c1)N(c1ccccc1)c1ccc(N(c4ccc(C(C)(C)C)cc4)c4ccc(C(C)(C)C)cc4)cc1B3c1c-2oc2ccccc12. The Morgan fingerprint density at radius 2 is 1.16 bits per heavy atom. The Balaban J connectivity index is 1.30. The van der Waals surface area contributed by atoms with Crippen LogP contribution in [0.1, 0.15) is 58.2 Å². The van der Waals surface area contributed by atoms with Crippen LogP contribution in [-0.4, -0.2) is 6.71 Å². The van der Waals surface area contributed by atoms with Crippen LogP contribution in [0.4, 0.5) is 34.1 Å². The highest BCUT2D eigenvalue weighted by Gasteiger charge is 2.46. The number of para-hydroxylation sites is 2. The Hall–Kier alpha value is -5.48. The fourth-order valence-electron chi connectivity index (χ4n) is 8.23. The molecule has 0 aliphatic carbocycles. The third-order valence-electron chi connectivity index (χ3n) is 10.8. The lowest BCUT2D eigenvalue weighted by atomic mass is 9.37. The van der Waals surface area contributed by atoms with E-state index in [1.54, 1.807) is 0 Å². The summed E-state index contributed by atoms with van der Waals surface area (Å²) in [7, 11) is 0. The number of hydrogen-bond donors (Lipinski definition) is 0. The van der Waals surface area contributed by atoms with Gasteiger partial charge in [0.15, 0.2) is 0 Å². The van der Waals surface area contributed by atoms with E-state index >= 15 is 0 Å². The molecule has 51 heavy (non-hydrogen) atoms. The van der Waals surface area contributed by atoms with Gasteiger partial charge in [-0.15, -0.1) is 0 Å². The second kappa shape index (κ2) is 11.3. The van der Waals surface area contributed by atoms with Crippen molar-refractivity contribution in [2.45, 2.75) is 59.3 Å². The largest absolute Gasteiger partial charge is 0.457 e. The predicted molar refractivity (Wildman–Crippen MR) is 218 cm³/mol. The third kappa shape index (κ3) is 5.03. The second-order valence-corrected chi connectivity index (χ2v) is 16.4. The van der Waals surface area contributed by atoms with Crippen molar-refractivity contribution in [1.29, 1.82) is 0 Å². The Kier molecular flexibility index (Phi) is 6.96. The molecular formula is C47H43BN2O. The molecule has 0 saturated carbocycles. The van der Waals surface area contributed by atoms with E-state index in [2.05, 4.69) is 192 Å². The third-order valence-corrected chi connectivity index (χ3v) is 10.8. The summed E-state index contributed by atoms with van der Waals surface area (Å²) in [6.07, 6.45) is 0. The lowest BCUT2D eigenvalue weighted by Gasteiger charge is -2.37. The molecule has 6 aromatic carbocycles. The second-order valence-electron chi connectivity index (χ2n) is 16.4. The Bertz CT molecular complexity index is 2390. The zero-order valence-corrected chi connectivity index (χ0v) is 30.6. The lowest BCUT2D eigenvalue weighted by Crippen LogP contribution is -2.54. The quantitative estimate of drug-likeness (QED) is 0.175. The van der Waals surface area contributed by atoms with Gasteiger partial charge in [0.2, 0.25) is 0 Å². The summed E-state index contributed by atoms with van der Waals surface area (Å²) in [5.41, 5.74) is 17.0. The van der Waals surface area contributed by atoms with E-state index in [0.717, 1.165) is 34.1 Å². The van der Waals surface area contributed by atoms with Crippen molar-refractivity contribution >= 4 is 68.2 Å². The molecule has 7 aromatic rings. The number of fused-ring (bicyclic) bond motifs is 7. The highest BCUT2D eigenvalue weighted by atomic mass is 16.3. The van der Waals surface area contributed by atoms with Crippen molar-refractivity contribution in [2.75, 3.05) is 9.80 Å². The van der Waals surface area contributed by atoms with Crippen LogP contribution in [-0.2, 0) is 10.8 Å². The number of furan rings is 1. The lowest BCUT2D eigenvalue weighted by molar-refractivity contribution is 0.590. The maximum absolute atomic E-state index is 6.73. The van der Waals surface area contributed by atoms with Gasteiger partial charge in [0.05, 0.1) is 0 Å². The highest BCUT2D eigenvalue weighted by molar-refractivity contribution is 7.02. The minimum atomic E-state index is 0.0394.